The van der Waals surface area contributed by atoms with Gasteiger partial charge in [0, 0.05) is 6.26 Å². The molecule has 0 spiro atoms. The lowest BCUT2D eigenvalue weighted by Crippen LogP contribution is -1.99. The number of carbonyl (C=O) groups excluding carboxylic acids is 1. The van der Waals surface area contributed by atoms with Crippen LogP contribution in [0, 0.1) is 5.82 Å². The van der Waals surface area contributed by atoms with E-state index in [1.807, 2.05) is 0 Å². The summed E-state index contributed by atoms with van der Waals surface area (Å²) < 4.78 is 41.4. The second-order valence-corrected chi connectivity index (χ2v) is 6.56. The van der Waals surface area contributed by atoms with E-state index in [0.717, 1.165) is 12.3 Å². The first-order valence-electron chi connectivity index (χ1n) is 6.06. The highest BCUT2D eigenvalue weighted by Gasteiger charge is 2.12. The van der Waals surface area contributed by atoms with Crippen LogP contribution in [-0.2, 0) is 9.84 Å². The Morgan fingerprint density at radius 3 is 2.24 bits per heavy atom. The molecule has 2 rings (SSSR count). The Labute approximate surface area is 122 Å². The quantitative estimate of drug-likeness (QED) is 0.814. The van der Waals surface area contributed by atoms with Gasteiger partial charge in [0.2, 0.25) is 0 Å². The van der Waals surface area contributed by atoms with Crippen LogP contribution in [-0.4, -0.2) is 20.5 Å². The molecule has 4 nitrogen and oxygen atoms in total. The fourth-order valence-corrected chi connectivity index (χ4v) is 2.38. The van der Waals surface area contributed by atoms with Gasteiger partial charge >= 0.3 is 0 Å². The number of carbonyl (C=O) groups is 1. The fraction of sp³-hybridized carbons (Fsp3) is 0.133. The summed E-state index contributed by atoms with van der Waals surface area (Å²) in [5.41, 5.74) is 0.127. The molecule has 0 saturated heterocycles. The maximum absolute atomic E-state index is 13.2. The van der Waals surface area contributed by atoms with E-state index < -0.39 is 15.7 Å². The SMILES string of the molecule is CC(=O)c1cc(F)ccc1Oc1ccc(S(C)(=O)=O)cc1. The Bertz CT molecular complexity index is 780. The zero-order valence-electron chi connectivity index (χ0n) is 11.5. The first-order chi connectivity index (χ1) is 9.77. The predicted molar refractivity (Wildman–Crippen MR) is 76.0 cm³/mol. The van der Waals surface area contributed by atoms with Crippen LogP contribution in [0.2, 0.25) is 0 Å². The second kappa shape index (κ2) is 5.65. The lowest BCUT2D eigenvalue weighted by atomic mass is 10.1. The van der Waals surface area contributed by atoms with Crippen LogP contribution in [0.4, 0.5) is 4.39 Å². The maximum atomic E-state index is 13.2. The summed E-state index contributed by atoms with van der Waals surface area (Å²) in [6.07, 6.45) is 1.11. The van der Waals surface area contributed by atoms with Crippen molar-refractivity contribution >= 4 is 15.6 Å². The highest BCUT2D eigenvalue weighted by atomic mass is 32.2. The molecule has 0 amide bonds. The average molecular weight is 308 g/mol. The number of benzene rings is 2. The molecule has 0 saturated carbocycles. The van der Waals surface area contributed by atoms with Crippen LogP contribution in [0.3, 0.4) is 0 Å². The Hall–Kier alpha value is -2.21. The molecule has 0 aromatic heterocycles. The minimum Gasteiger partial charge on any atom is -0.457 e. The zero-order chi connectivity index (χ0) is 15.6. The van der Waals surface area contributed by atoms with Crippen molar-refractivity contribution in [2.45, 2.75) is 11.8 Å². The van der Waals surface area contributed by atoms with Gasteiger partial charge in [-0.1, -0.05) is 0 Å². The predicted octanol–water partition coefficient (Wildman–Crippen LogP) is 3.22. The largest absolute Gasteiger partial charge is 0.457 e. The molecule has 0 heterocycles. The molecule has 0 unspecified atom stereocenters. The lowest BCUT2D eigenvalue weighted by Gasteiger charge is -2.10. The van der Waals surface area contributed by atoms with E-state index in [0.29, 0.717) is 5.75 Å². The summed E-state index contributed by atoms with van der Waals surface area (Å²) in [6.45, 7) is 1.31. The smallest absolute Gasteiger partial charge is 0.175 e. The van der Waals surface area contributed by atoms with Gasteiger partial charge < -0.3 is 4.74 Å². The van der Waals surface area contributed by atoms with Gasteiger partial charge in [-0.3, -0.25) is 4.79 Å². The van der Waals surface area contributed by atoms with Crippen molar-refractivity contribution < 1.29 is 22.3 Å². The topological polar surface area (TPSA) is 60.4 Å². The van der Waals surface area contributed by atoms with E-state index in [-0.39, 0.29) is 22.0 Å². The molecule has 0 atom stereocenters. The molecule has 2 aromatic rings. The van der Waals surface area contributed by atoms with Gasteiger partial charge in [-0.25, -0.2) is 12.8 Å². The Balaban J connectivity index is 2.33. The van der Waals surface area contributed by atoms with Crippen LogP contribution >= 0.6 is 0 Å². The number of Topliss-reactive ketones (excluding diaryl/α,β-unsaturated/α-hetero) is 1. The number of sulfone groups is 1. The summed E-state index contributed by atoms with van der Waals surface area (Å²) in [5, 5.41) is 0. The van der Waals surface area contributed by atoms with E-state index in [2.05, 4.69) is 0 Å². The maximum Gasteiger partial charge on any atom is 0.175 e. The van der Waals surface area contributed by atoms with Crippen molar-refractivity contribution in [1.29, 1.82) is 0 Å². The molecule has 0 N–H and O–H groups in total. The molecule has 2 aromatic carbocycles. The van der Waals surface area contributed by atoms with Gasteiger partial charge in [0.15, 0.2) is 15.6 Å². The molecule has 0 radical (unpaired) electrons. The summed E-state index contributed by atoms with van der Waals surface area (Å²) in [5.74, 6) is -0.273. The van der Waals surface area contributed by atoms with E-state index in [9.17, 15) is 17.6 Å². The highest BCUT2D eigenvalue weighted by molar-refractivity contribution is 7.90. The van der Waals surface area contributed by atoms with Gasteiger partial charge in [-0.15, -0.1) is 0 Å². The zero-order valence-corrected chi connectivity index (χ0v) is 12.3. The van der Waals surface area contributed by atoms with Gasteiger partial charge in [0.05, 0.1) is 10.5 Å². The number of hydrogen-bond donors (Lipinski definition) is 0. The van der Waals surface area contributed by atoms with Crippen molar-refractivity contribution in [3.8, 4) is 11.5 Å². The van der Waals surface area contributed by atoms with Gasteiger partial charge in [0.1, 0.15) is 17.3 Å². The highest BCUT2D eigenvalue weighted by Crippen LogP contribution is 2.27. The fourth-order valence-electron chi connectivity index (χ4n) is 1.75. The minimum atomic E-state index is -3.28. The van der Waals surface area contributed by atoms with E-state index >= 15 is 0 Å². The van der Waals surface area contributed by atoms with E-state index in [1.54, 1.807) is 0 Å². The van der Waals surface area contributed by atoms with Crippen LogP contribution in [0.15, 0.2) is 47.4 Å². The average Bonchev–Trinajstić information content (AvgIpc) is 2.40. The summed E-state index contributed by atoms with van der Waals surface area (Å²) >= 11 is 0. The molecule has 0 aliphatic carbocycles. The normalized spacial score (nSPS) is 11.2. The van der Waals surface area contributed by atoms with Gasteiger partial charge in [-0.05, 0) is 49.4 Å². The molecule has 21 heavy (non-hydrogen) atoms. The number of halogens is 1. The molecule has 0 bridgehead atoms. The van der Waals surface area contributed by atoms with Gasteiger partial charge in [0.25, 0.3) is 0 Å². The molecular weight excluding hydrogens is 295 g/mol. The van der Waals surface area contributed by atoms with Crippen molar-refractivity contribution in [3.05, 3.63) is 53.8 Å². The second-order valence-electron chi connectivity index (χ2n) is 4.54. The van der Waals surface area contributed by atoms with E-state index in [4.69, 9.17) is 4.74 Å². The summed E-state index contributed by atoms with van der Waals surface area (Å²) in [6, 6.07) is 9.41. The molecule has 0 aliphatic heterocycles. The van der Waals surface area contributed by atoms with Crippen molar-refractivity contribution in [2.24, 2.45) is 0 Å². The first-order valence-corrected chi connectivity index (χ1v) is 7.95. The first kappa shape index (κ1) is 15.2. The standard InChI is InChI=1S/C15H13FO4S/c1-10(17)14-9-11(16)3-8-15(14)20-12-4-6-13(7-5-12)21(2,18)19/h3-9H,1-2H3. The number of rotatable bonds is 4. The molecule has 0 aliphatic rings. The third-order valence-electron chi connectivity index (χ3n) is 2.80. The monoisotopic (exact) mass is 308 g/mol. The molecular formula is C15H13FO4S. The van der Waals surface area contributed by atoms with Crippen molar-refractivity contribution in [3.63, 3.8) is 0 Å². The lowest BCUT2D eigenvalue weighted by molar-refractivity contribution is 0.101. The van der Waals surface area contributed by atoms with Crippen LogP contribution < -0.4 is 4.74 Å². The van der Waals surface area contributed by atoms with Crippen molar-refractivity contribution in [2.75, 3.05) is 6.26 Å². The van der Waals surface area contributed by atoms with Crippen LogP contribution in [0.5, 0.6) is 11.5 Å². The third-order valence-corrected chi connectivity index (χ3v) is 3.93. The molecule has 0 fully saturated rings. The molecule has 110 valence electrons. The minimum absolute atomic E-state index is 0.127. The Kier molecular flexibility index (Phi) is 4.09. The Morgan fingerprint density at radius 2 is 1.71 bits per heavy atom. The third kappa shape index (κ3) is 3.66. The number of ether oxygens (including phenoxy) is 1. The number of hydrogen-bond acceptors (Lipinski definition) is 4. The van der Waals surface area contributed by atoms with E-state index in [1.165, 1.54) is 43.3 Å². The Morgan fingerprint density at radius 1 is 1.10 bits per heavy atom. The number of ketones is 1. The summed E-state index contributed by atoms with van der Waals surface area (Å²) in [4.78, 5) is 11.6. The van der Waals surface area contributed by atoms with Gasteiger partial charge in [-0.2, -0.15) is 0 Å². The molecule has 6 heteroatoms. The van der Waals surface area contributed by atoms with Crippen LogP contribution in [0.1, 0.15) is 17.3 Å². The van der Waals surface area contributed by atoms with Crippen LogP contribution in [0.25, 0.3) is 0 Å². The van der Waals surface area contributed by atoms with Crippen molar-refractivity contribution in [1.82, 2.24) is 0 Å². The summed E-state index contributed by atoms with van der Waals surface area (Å²) in [7, 11) is -3.28.